The molecule has 1 heterocycles. The summed E-state index contributed by atoms with van der Waals surface area (Å²) in [5, 5.41) is 0. The topological polar surface area (TPSA) is 81.9 Å². The van der Waals surface area contributed by atoms with Crippen LogP contribution < -0.4 is 15.2 Å². The van der Waals surface area contributed by atoms with Crippen molar-refractivity contribution >= 4 is 10.0 Å². The number of hydrogen-bond acceptors (Lipinski definition) is 5. The van der Waals surface area contributed by atoms with E-state index in [2.05, 4.69) is 0 Å². The molecule has 0 aromatic heterocycles. The number of benzene rings is 1. The molecular weight excluding hydrogens is 304 g/mol. The van der Waals surface area contributed by atoms with Gasteiger partial charge in [0.05, 0.1) is 19.1 Å². The fourth-order valence-electron chi connectivity index (χ4n) is 2.72. The predicted octanol–water partition coefficient (Wildman–Crippen LogP) is 1.45. The number of rotatable bonds is 5. The van der Waals surface area contributed by atoms with E-state index >= 15 is 0 Å². The number of hydrogen-bond donors (Lipinski definition) is 1. The Bertz CT molecular complexity index is 586. The van der Waals surface area contributed by atoms with Gasteiger partial charge in [-0.2, -0.15) is 4.31 Å². The lowest BCUT2D eigenvalue weighted by Gasteiger charge is -2.33. The van der Waals surface area contributed by atoms with Crippen LogP contribution in [-0.2, 0) is 10.0 Å². The zero-order chi connectivity index (χ0) is 16.3. The van der Waals surface area contributed by atoms with Gasteiger partial charge < -0.3 is 15.2 Å². The highest BCUT2D eigenvalue weighted by molar-refractivity contribution is 7.89. The van der Waals surface area contributed by atoms with Crippen LogP contribution in [0.4, 0.5) is 0 Å². The van der Waals surface area contributed by atoms with Gasteiger partial charge in [0, 0.05) is 37.3 Å². The quantitative estimate of drug-likeness (QED) is 0.885. The van der Waals surface area contributed by atoms with Gasteiger partial charge in [-0.3, -0.25) is 0 Å². The predicted molar refractivity (Wildman–Crippen MR) is 84.7 cm³/mol. The van der Waals surface area contributed by atoms with Crippen LogP contribution in [0.1, 0.15) is 19.8 Å². The van der Waals surface area contributed by atoms with Gasteiger partial charge in [0.15, 0.2) is 0 Å². The summed E-state index contributed by atoms with van der Waals surface area (Å²) in [5.41, 5.74) is 5.91. The third-order valence-electron chi connectivity index (χ3n) is 4.20. The van der Waals surface area contributed by atoms with E-state index in [1.165, 1.54) is 30.7 Å². The molecule has 1 aromatic carbocycles. The molecule has 6 nitrogen and oxygen atoms in total. The molecule has 1 aliphatic heterocycles. The lowest BCUT2D eigenvalue weighted by molar-refractivity contribution is 0.250. The van der Waals surface area contributed by atoms with Crippen molar-refractivity contribution in [3.8, 4) is 11.5 Å². The van der Waals surface area contributed by atoms with Crippen LogP contribution in [0, 0.1) is 5.92 Å². The van der Waals surface area contributed by atoms with Crippen molar-refractivity contribution in [2.75, 3.05) is 27.3 Å². The summed E-state index contributed by atoms with van der Waals surface area (Å²) in [6.45, 7) is 2.96. The molecule has 0 radical (unpaired) electrons. The zero-order valence-electron chi connectivity index (χ0n) is 13.3. The van der Waals surface area contributed by atoms with E-state index in [9.17, 15) is 8.42 Å². The smallest absolute Gasteiger partial charge is 0.243 e. The Balaban J connectivity index is 2.24. The van der Waals surface area contributed by atoms with Gasteiger partial charge in [0.2, 0.25) is 10.0 Å². The minimum atomic E-state index is -3.54. The van der Waals surface area contributed by atoms with Gasteiger partial charge in [0.1, 0.15) is 11.5 Å². The number of ether oxygens (including phenoxy) is 2. The number of sulfonamides is 1. The zero-order valence-corrected chi connectivity index (χ0v) is 14.1. The fraction of sp³-hybridized carbons (Fsp3) is 0.600. The Morgan fingerprint density at radius 1 is 1.14 bits per heavy atom. The van der Waals surface area contributed by atoms with Gasteiger partial charge in [0.25, 0.3) is 0 Å². The van der Waals surface area contributed by atoms with E-state index in [1.807, 2.05) is 6.92 Å². The molecule has 0 aliphatic carbocycles. The minimum absolute atomic E-state index is 0.0989. The Kier molecular flexibility index (Phi) is 5.31. The average Bonchev–Trinajstić information content (AvgIpc) is 2.54. The first-order valence-corrected chi connectivity index (χ1v) is 8.81. The summed E-state index contributed by atoms with van der Waals surface area (Å²) < 4.78 is 37.4. The normalized spacial score (nSPS) is 18.9. The van der Waals surface area contributed by atoms with Gasteiger partial charge in [-0.05, 0) is 25.7 Å². The molecule has 1 unspecified atom stereocenters. The summed E-state index contributed by atoms with van der Waals surface area (Å²) in [6, 6.07) is 4.80. The Morgan fingerprint density at radius 2 is 1.64 bits per heavy atom. The van der Waals surface area contributed by atoms with Crippen molar-refractivity contribution in [1.29, 1.82) is 0 Å². The molecule has 7 heteroatoms. The average molecular weight is 328 g/mol. The fourth-order valence-corrected chi connectivity index (χ4v) is 4.24. The summed E-state index contributed by atoms with van der Waals surface area (Å²) >= 11 is 0. The number of piperidine rings is 1. The lowest BCUT2D eigenvalue weighted by Crippen LogP contribution is -2.42. The van der Waals surface area contributed by atoms with E-state index in [-0.39, 0.29) is 10.9 Å². The van der Waals surface area contributed by atoms with Crippen molar-refractivity contribution < 1.29 is 17.9 Å². The second-order valence-electron chi connectivity index (χ2n) is 5.65. The van der Waals surface area contributed by atoms with Crippen LogP contribution >= 0.6 is 0 Å². The number of nitrogens with zero attached hydrogens (tertiary/aromatic N) is 1. The molecule has 1 atom stereocenters. The molecule has 22 heavy (non-hydrogen) atoms. The van der Waals surface area contributed by atoms with Crippen molar-refractivity contribution in [2.45, 2.75) is 30.7 Å². The van der Waals surface area contributed by atoms with Crippen LogP contribution in [0.15, 0.2) is 23.1 Å². The molecule has 0 spiro atoms. The highest BCUT2D eigenvalue weighted by Gasteiger charge is 2.31. The largest absolute Gasteiger partial charge is 0.497 e. The summed E-state index contributed by atoms with van der Waals surface area (Å²) in [5.74, 6) is 1.30. The van der Waals surface area contributed by atoms with Crippen LogP contribution in [0.25, 0.3) is 0 Å². The van der Waals surface area contributed by atoms with Crippen LogP contribution in [0.3, 0.4) is 0 Å². The molecule has 2 rings (SSSR count). The van der Waals surface area contributed by atoms with E-state index in [1.54, 1.807) is 6.07 Å². The molecule has 2 N–H and O–H groups in total. The maximum atomic E-state index is 12.8. The maximum absolute atomic E-state index is 12.8. The third-order valence-corrected chi connectivity index (χ3v) is 6.08. The lowest BCUT2D eigenvalue weighted by atomic mass is 9.92. The standard InChI is InChI=1S/C15H24N2O4S/c1-11(16)12-4-6-17(7-5-12)22(18,19)15-9-13(20-2)8-14(10-15)21-3/h8-12H,4-7,16H2,1-3H3. The second-order valence-corrected chi connectivity index (χ2v) is 7.59. The third kappa shape index (κ3) is 3.53. The molecule has 124 valence electrons. The minimum Gasteiger partial charge on any atom is -0.497 e. The van der Waals surface area contributed by atoms with E-state index in [0.717, 1.165) is 12.8 Å². The second kappa shape index (κ2) is 6.85. The van der Waals surface area contributed by atoms with Crippen LogP contribution in [0.5, 0.6) is 11.5 Å². The van der Waals surface area contributed by atoms with Crippen LogP contribution in [-0.4, -0.2) is 46.1 Å². The molecule has 1 aliphatic rings. The van der Waals surface area contributed by atoms with Crippen molar-refractivity contribution in [1.82, 2.24) is 4.31 Å². The summed E-state index contributed by atoms with van der Waals surface area (Å²) in [4.78, 5) is 0.197. The van der Waals surface area contributed by atoms with Gasteiger partial charge in [-0.25, -0.2) is 8.42 Å². The van der Waals surface area contributed by atoms with Gasteiger partial charge >= 0.3 is 0 Å². The first-order chi connectivity index (χ1) is 10.4. The van der Waals surface area contributed by atoms with Crippen LogP contribution in [0.2, 0.25) is 0 Å². The molecule has 1 aromatic rings. The van der Waals surface area contributed by atoms with Crippen molar-refractivity contribution in [3.05, 3.63) is 18.2 Å². The highest BCUT2D eigenvalue weighted by Crippen LogP contribution is 2.30. The first kappa shape index (κ1) is 17.1. The number of methoxy groups -OCH3 is 2. The molecule has 0 amide bonds. The molecule has 1 fully saturated rings. The summed E-state index contributed by atoms with van der Waals surface area (Å²) in [7, 11) is -0.545. The van der Waals surface area contributed by atoms with Gasteiger partial charge in [-0.1, -0.05) is 0 Å². The van der Waals surface area contributed by atoms with E-state index in [0.29, 0.717) is 30.5 Å². The Morgan fingerprint density at radius 3 is 2.05 bits per heavy atom. The molecular formula is C15H24N2O4S. The maximum Gasteiger partial charge on any atom is 0.243 e. The molecule has 0 saturated carbocycles. The van der Waals surface area contributed by atoms with Gasteiger partial charge in [-0.15, -0.1) is 0 Å². The van der Waals surface area contributed by atoms with Crippen molar-refractivity contribution in [2.24, 2.45) is 11.7 Å². The Hall–Kier alpha value is -1.31. The Labute approximate surface area is 132 Å². The van der Waals surface area contributed by atoms with E-state index in [4.69, 9.17) is 15.2 Å². The number of nitrogens with two attached hydrogens (primary N) is 1. The highest BCUT2D eigenvalue weighted by atomic mass is 32.2. The molecule has 1 saturated heterocycles. The monoisotopic (exact) mass is 328 g/mol. The molecule has 0 bridgehead atoms. The van der Waals surface area contributed by atoms with Crippen molar-refractivity contribution in [3.63, 3.8) is 0 Å². The van der Waals surface area contributed by atoms with E-state index < -0.39 is 10.0 Å². The first-order valence-electron chi connectivity index (χ1n) is 7.37. The SMILES string of the molecule is COc1cc(OC)cc(S(=O)(=O)N2CCC(C(C)N)CC2)c1. The summed E-state index contributed by atoms with van der Waals surface area (Å²) in [6.07, 6.45) is 1.58.